The lowest BCUT2D eigenvalue weighted by molar-refractivity contribution is -0.137. The van der Waals surface area contributed by atoms with Crippen LogP contribution in [0.1, 0.15) is 13.8 Å². The van der Waals surface area contributed by atoms with Crippen molar-refractivity contribution in [1.82, 2.24) is 14.7 Å². The van der Waals surface area contributed by atoms with E-state index in [9.17, 15) is 4.79 Å². The van der Waals surface area contributed by atoms with Gasteiger partial charge in [0.1, 0.15) is 5.54 Å². The third-order valence-corrected chi connectivity index (χ3v) is 2.01. The summed E-state index contributed by atoms with van der Waals surface area (Å²) >= 11 is 0. The summed E-state index contributed by atoms with van der Waals surface area (Å²) in [5, 5.41) is 4.06. The molecule has 1 heterocycles. The van der Waals surface area contributed by atoms with Gasteiger partial charge in [-0.25, -0.2) is 0 Å². The summed E-state index contributed by atoms with van der Waals surface area (Å²) in [6.45, 7) is 3.70. The molecule has 1 aromatic rings. The first-order valence-corrected chi connectivity index (χ1v) is 4.18. The number of aromatic nitrogens is 2. The molecule has 13 heavy (non-hydrogen) atoms. The van der Waals surface area contributed by atoms with Crippen molar-refractivity contribution in [2.24, 2.45) is 0 Å². The van der Waals surface area contributed by atoms with Gasteiger partial charge in [-0.05, 0) is 19.9 Å². The molecule has 72 valence electrons. The molecule has 4 heteroatoms. The Morgan fingerprint density at radius 2 is 2.08 bits per heavy atom. The predicted molar refractivity (Wildman–Crippen MR) is 50.2 cm³/mol. The van der Waals surface area contributed by atoms with E-state index in [4.69, 9.17) is 0 Å². The number of hydrogen-bond acceptors (Lipinski definition) is 2. The third-order valence-electron chi connectivity index (χ3n) is 2.01. The second-order valence-corrected chi connectivity index (χ2v) is 3.71. The van der Waals surface area contributed by atoms with Crippen molar-refractivity contribution in [2.75, 3.05) is 14.1 Å². The highest BCUT2D eigenvalue weighted by Crippen LogP contribution is 2.15. The minimum absolute atomic E-state index is 0.0381. The van der Waals surface area contributed by atoms with Gasteiger partial charge < -0.3 is 4.90 Å². The summed E-state index contributed by atoms with van der Waals surface area (Å²) in [6.07, 6.45) is 3.46. The summed E-state index contributed by atoms with van der Waals surface area (Å²) in [5.41, 5.74) is -0.604. The fourth-order valence-electron chi connectivity index (χ4n) is 1.24. The van der Waals surface area contributed by atoms with Gasteiger partial charge in [-0.3, -0.25) is 9.48 Å². The van der Waals surface area contributed by atoms with Gasteiger partial charge >= 0.3 is 0 Å². The highest BCUT2D eigenvalue weighted by atomic mass is 16.2. The van der Waals surface area contributed by atoms with E-state index in [-0.39, 0.29) is 5.91 Å². The van der Waals surface area contributed by atoms with E-state index in [1.54, 1.807) is 36.1 Å². The number of hydrogen-bond donors (Lipinski definition) is 0. The highest BCUT2D eigenvalue weighted by Gasteiger charge is 2.31. The molecule has 0 bridgehead atoms. The molecule has 0 aliphatic heterocycles. The summed E-state index contributed by atoms with van der Waals surface area (Å²) in [6, 6.07) is 1.81. The Hall–Kier alpha value is -1.32. The summed E-state index contributed by atoms with van der Waals surface area (Å²) in [7, 11) is 3.49. The van der Waals surface area contributed by atoms with Crippen molar-refractivity contribution in [1.29, 1.82) is 0 Å². The molecule has 0 N–H and O–H groups in total. The minimum Gasteiger partial charge on any atom is -0.347 e. The van der Waals surface area contributed by atoms with Crippen LogP contribution < -0.4 is 0 Å². The van der Waals surface area contributed by atoms with Crippen LogP contribution >= 0.6 is 0 Å². The van der Waals surface area contributed by atoms with Crippen molar-refractivity contribution in [2.45, 2.75) is 19.4 Å². The predicted octanol–water partition coefficient (Wildman–Crippen LogP) is 0.706. The molecule has 0 saturated heterocycles. The average molecular weight is 181 g/mol. The van der Waals surface area contributed by atoms with Crippen LogP contribution in [0.5, 0.6) is 0 Å². The molecule has 0 aliphatic carbocycles. The van der Waals surface area contributed by atoms with E-state index in [0.717, 1.165) is 0 Å². The lowest BCUT2D eigenvalue weighted by atomic mass is 10.0. The molecular formula is C9H15N3O. The van der Waals surface area contributed by atoms with Crippen molar-refractivity contribution in [3.05, 3.63) is 18.5 Å². The van der Waals surface area contributed by atoms with Crippen LogP contribution in [0.3, 0.4) is 0 Å². The average Bonchev–Trinajstić information content (AvgIpc) is 2.54. The van der Waals surface area contributed by atoms with Gasteiger partial charge in [0.05, 0.1) is 0 Å². The van der Waals surface area contributed by atoms with Crippen LogP contribution in [0.2, 0.25) is 0 Å². The summed E-state index contributed by atoms with van der Waals surface area (Å²) in [5.74, 6) is 0.0381. The van der Waals surface area contributed by atoms with Crippen LogP contribution in [0, 0.1) is 0 Å². The first-order chi connectivity index (χ1) is 5.96. The zero-order valence-corrected chi connectivity index (χ0v) is 8.48. The van der Waals surface area contributed by atoms with Gasteiger partial charge in [-0.15, -0.1) is 0 Å². The molecule has 0 unspecified atom stereocenters. The van der Waals surface area contributed by atoms with Crippen molar-refractivity contribution >= 4 is 5.91 Å². The first kappa shape index (κ1) is 9.77. The number of likely N-dealkylation sites (N-methyl/N-ethyl adjacent to an activating group) is 1. The largest absolute Gasteiger partial charge is 0.347 e. The van der Waals surface area contributed by atoms with Crippen molar-refractivity contribution in [3.63, 3.8) is 0 Å². The Bertz CT molecular complexity index is 288. The zero-order valence-electron chi connectivity index (χ0n) is 8.48. The summed E-state index contributed by atoms with van der Waals surface area (Å²) < 4.78 is 1.66. The molecule has 0 fully saturated rings. The molecule has 1 aromatic heterocycles. The Morgan fingerprint density at radius 3 is 2.46 bits per heavy atom. The van der Waals surface area contributed by atoms with E-state index >= 15 is 0 Å². The standard InChI is InChI=1S/C9H15N3O/c1-9(2,8(13)11(3)4)12-7-5-6-10-12/h5-7H,1-4H3. The van der Waals surface area contributed by atoms with E-state index in [1.165, 1.54) is 0 Å². The lowest BCUT2D eigenvalue weighted by Crippen LogP contribution is -2.44. The quantitative estimate of drug-likeness (QED) is 0.673. The SMILES string of the molecule is CN(C)C(=O)C(C)(C)n1cccn1. The van der Waals surface area contributed by atoms with Crippen molar-refractivity contribution < 1.29 is 4.79 Å². The fraction of sp³-hybridized carbons (Fsp3) is 0.556. The van der Waals surface area contributed by atoms with Gasteiger partial charge in [0, 0.05) is 26.5 Å². The molecule has 0 atom stereocenters. The van der Waals surface area contributed by atoms with Gasteiger partial charge in [-0.2, -0.15) is 5.10 Å². The van der Waals surface area contributed by atoms with E-state index in [1.807, 2.05) is 19.9 Å². The highest BCUT2D eigenvalue weighted by molar-refractivity contribution is 5.83. The maximum Gasteiger partial charge on any atom is 0.249 e. The maximum absolute atomic E-state index is 11.7. The molecule has 0 aliphatic rings. The van der Waals surface area contributed by atoms with Gasteiger partial charge in [0.25, 0.3) is 0 Å². The van der Waals surface area contributed by atoms with Crippen molar-refractivity contribution in [3.8, 4) is 0 Å². The Labute approximate surface area is 78.1 Å². The van der Waals surface area contributed by atoms with E-state index in [0.29, 0.717) is 0 Å². The molecule has 0 radical (unpaired) electrons. The zero-order chi connectivity index (χ0) is 10.1. The molecule has 0 saturated carbocycles. The normalized spacial score (nSPS) is 11.4. The monoisotopic (exact) mass is 181 g/mol. The number of rotatable bonds is 2. The van der Waals surface area contributed by atoms with E-state index in [2.05, 4.69) is 5.10 Å². The second kappa shape index (κ2) is 3.20. The van der Waals surface area contributed by atoms with Crippen LogP contribution in [0.15, 0.2) is 18.5 Å². The van der Waals surface area contributed by atoms with Crippen LogP contribution in [0.25, 0.3) is 0 Å². The number of carbonyl (C=O) groups is 1. The molecule has 0 spiro atoms. The Kier molecular flexibility index (Phi) is 2.40. The number of carbonyl (C=O) groups excluding carboxylic acids is 1. The van der Waals surface area contributed by atoms with E-state index < -0.39 is 5.54 Å². The lowest BCUT2D eigenvalue weighted by Gasteiger charge is -2.27. The first-order valence-electron chi connectivity index (χ1n) is 4.18. The topological polar surface area (TPSA) is 38.1 Å². The van der Waals surface area contributed by atoms with Gasteiger partial charge in [-0.1, -0.05) is 0 Å². The van der Waals surface area contributed by atoms with Crippen LogP contribution in [0.4, 0.5) is 0 Å². The summed E-state index contributed by atoms with van der Waals surface area (Å²) in [4.78, 5) is 13.3. The fourth-order valence-corrected chi connectivity index (χ4v) is 1.24. The maximum atomic E-state index is 11.7. The molecule has 1 amide bonds. The number of nitrogens with zero attached hydrogens (tertiary/aromatic N) is 3. The minimum atomic E-state index is -0.604. The smallest absolute Gasteiger partial charge is 0.249 e. The van der Waals surface area contributed by atoms with Gasteiger partial charge in [0.2, 0.25) is 5.91 Å². The Balaban J connectivity index is 2.95. The second-order valence-electron chi connectivity index (χ2n) is 3.71. The van der Waals surface area contributed by atoms with Crippen LogP contribution in [-0.4, -0.2) is 34.7 Å². The molecule has 4 nitrogen and oxygen atoms in total. The molecular weight excluding hydrogens is 166 g/mol. The molecule has 1 rings (SSSR count). The third kappa shape index (κ3) is 1.71. The molecule has 0 aromatic carbocycles. The van der Waals surface area contributed by atoms with Gasteiger partial charge in [0.15, 0.2) is 0 Å². The van der Waals surface area contributed by atoms with Crippen LogP contribution in [-0.2, 0) is 10.3 Å². The number of amides is 1. The Morgan fingerprint density at radius 1 is 1.46 bits per heavy atom.